The Morgan fingerprint density at radius 1 is 0.967 bits per heavy atom. The van der Waals surface area contributed by atoms with Crippen molar-refractivity contribution in [2.24, 2.45) is 11.1 Å². The largest absolute Gasteiger partial charge is 0.385 e. The van der Waals surface area contributed by atoms with Gasteiger partial charge in [-0.3, -0.25) is 34.5 Å². The Hall–Kier alpha value is -6.27. The van der Waals surface area contributed by atoms with E-state index in [1.54, 1.807) is 13.2 Å². The van der Waals surface area contributed by atoms with Gasteiger partial charge in [-0.15, -0.1) is 5.10 Å². The van der Waals surface area contributed by atoms with Crippen LogP contribution < -0.4 is 26.2 Å². The van der Waals surface area contributed by atoms with Gasteiger partial charge in [-0.1, -0.05) is 23.7 Å². The fraction of sp³-hybridized carbons (Fsp3) is 0.341. The molecule has 4 N–H and O–H groups in total. The number of nitrogens with two attached hydrogens (primary N) is 1. The molecule has 9 rings (SSSR count). The van der Waals surface area contributed by atoms with Crippen LogP contribution in [0.1, 0.15) is 57.8 Å². The second kappa shape index (κ2) is 14.5. The molecule has 0 radical (unpaired) electrons. The molecule has 19 heteroatoms. The number of alkyl halides is 2. The van der Waals surface area contributed by atoms with Gasteiger partial charge in [0.2, 0.25) is 5.91 Å². The van der Waals surface area contributed by atoms with E-state index < -0.39 is 53.5 Å². The lowest BCUT2D eigenvalue weighted by atomic mass is 9.68. The number of imidazole rings is 1. The maximum absolute atomic E-state index is 16.1. The number of pyridine rings is 1. The SMILES string of the molecule is CNc1cc(N2CCc3c(-c4ncc(C(C)N5CC6(CCN(C(=O)c7ccc(Cl)c(N8CCC(=O)NC8=O)c7)CC6(F)F)C5)cc4F)cccc32)nn2c(C(N)=O)cnc12. The minimum atomic E-state index is -3.22. The van der Waals surface area contributed by atoms with Crippen molar-refractivity contribution in [2.45, 2.75) is 38.2 Å². The van der Waals surface area contributed by atoms with E-state index in [9.17, 15) is 19.2 Å². The molecular weight excluding hydrogens is 803 g/mol. The molecule has 0 aliphatic carbocycles. The number of nitrogens with zero attached hydrogens (tertiary/aromatic N) is 8. The van der Waals surface area contributed by atoms with Gasteiger partial charge in [0.05, 0.1) is 34.6 Å². The maximum Gasteiger partial charge on any atom is 0.328 e. The number of aromatic nitrogens is 4. The predicted octanol–water partition coefficient (Wildman–Crippen LogP) is 5.41. The van der Waals surface area contributed by atoms with Crippen LogP contribution in [0.25, 0.3) is 16.9 Å². The molecule has 60 heavy (non-hydrogen) atoms. The van der Waals surface area contributed by atoms with E-state index >= 15 is 13.2 Å². The van der Waals surface area contributed by atoms with Crippen LogP contribution in [0.2, 0.25) is 5.02 Å². The third-order valence-corrected chi connectivity index (χ3v) is 12.6. The summed E-state index contributed by atoms with van der Waals surface area (Å²) in [6.07, 6.45) is 3.64. The number of halogens is 4. The summed E-state index contributed by atoms with van der Waals surface area (Å²) in [7, 11) is 1.74. The van der Waals surface area contributed by atoms with Gasteiger partial charge in [-0.25, -0.2) is 27.5 Å². The number of imide groups is 1. The van der Waals surface area contributed by atoms with Crippen LogP contribution in [0, 0.1) is 11.2 Å². The van der Waals surface area contributed by atoms with Gasteiger partial charge in [0.1, 0.15) is 17.2 Å². The van der Waals surface area contributed by atoms with Crippen LogP contribution in [0.4, 0.5) is 40.8 Å². The normalized spacial score (nSPS) is 19.0. The molecule has 15 nitrogen and oxygen atoms in total. The molecule has 7 heterocycles. The average molecular weight is 842 g/mol. The zero-order valence-corrected chi connectivity index (χ0v) is 33.3. The van der Waals surface area contributed by atoms with Gasteiger partial charge in [0, 0.05) is 81.3 Å². The number of hydrogen-bond donors (Lipinski definition) is 3. The van der Waals surface area contributed by atoms with Crippen LogP contribution >= 0.6 is 11.6 Å². The van der Waals surface area contributed by atoms with Gasteiger partial charge in [-0.05, 0) is 61.2 Å². The lowest BCUT2D eigenvalue weighted by Gasteiger charge is -2.59. The summed E-state index contributed by atoms with van der Waals surface area (Å²) in [5.74, 6) is -4.93. The van der Waals surface area contributed by atoms with Crippen molar-refractivity contribution in [2.75, 3.05) is 61.4 Å². The highest BCUT2D eigenvalue weighted by Gasteiger charge is 2.63. The first-order valence-corrected chi connectivity index (χ1v) is 19.8. The van der Waals surface area contributed by atoms with Crippen molar-refractivity contribution in [3.05, 3.63) is 94.1 Å². The van der Waals surface area contributed by atoms with E-state index in [0.717, 1.165) is 16.2 Å². The van der Waals surface area contributed by atoms with Gasteiger partial charge in [0.15, 0.2) is 11.5 Å². The molecule has 3 saturated heterocycles. The Labute approximate surface area is 346 Å². The first-order chi connectivity index (χ1) is 28.7. The van der Waals surface area contributed by atoms with E-state index in [4.69, 9.17) is 17.3 Å². The van der Waals surface area contributed by atoms with Crippen LogP contribution in [0.5, 0.6) is 0 Å². The number of rotatable bonds is 8. The average Bonchev–Trinajstić information content (AvgIpc) is 3.85. The number of piperidine rings is 1. The molecule has 1 unspecified atom stereocenters. The summed E-state index contributed by atoms with van der Waals surface area (Å²) in [6, 6.07) is 11.9. The summed E-state index contributed by atoms with van der Waals surface area (Å²) in [4.78, 5) is 64.8. The van der Waals surface area contributed by atoms with Crippen LogP contribution in [0.3, 0.4) is 0 Å². The third-order valence-electron chi connectivity index (χ3n) is 12.3. The standard InChI is InChI=1S/C41H39ClF3N11O4/c1-22(53-19-40(20-53)10-13-52(21-41(40,44)45)38(59)23-6-7-27(42)31(15-23)55-12-9-34(57)50-39(55)60)24-14-28(43)35(48-17-24)26-4-3-5-30-25(26)8-11-54(30)33-16-29(47-2)37-49-18-32(36(46)58)56(37)51-33/h3-7,14-18,22,47H,8-13,19-21H2,1-2H3,(H2,46,58)(H,50,57,60). The third kappa shape index (κ3) is 6.36. The number of urea groups is 1. The summed E-state index contributed by atoms with van der Waals surface area (Å²) >= 11 is 6.33. The Morgan fingerprint density at radius 3 is 2.47 bits per heavy atom. The topological polar surface area (TPSA) is 174 Å². The molecule has 0 bridgehead atoms. The van der Waals surface area contributed by atoms with Crippen LogP contribution in [0.15, 0.2) is 60.9 Å². The smallest absolute Gasteiger partial charge is 0.328 e. The van der Waals surface area contributed by atoms with Gasteiger partial charge in [0.25, 0.3) is 17.7 Å². The van der Waals surface area contributed by atoms with Crippen molar-refractivity contribution in [1.29, 1.82) is 0 Å². The quantitative estimate of drug-likeness (QED) is 0.183. The molecule has 3 fully saturated rings. The van der Waals surface area contributed by atoms with E-state index in [1.807, 2.05) is 41.0 Å². The number of nitrogens with one attached hydrogen (secondary N) is 2. The highest BCUT2D eigenvalue weighted by Crippen LogP contribution is 2.52. The molecule has 310 valence electrons. The fourth-order valence-corrected chi connectivity index (χ4v) is 9.06. The number of likely N-dealkylation sites (tertiary alicyclic amines) is 2. The predicted molar refractivity (Wildman–Crippen MR) is 216 cm³/mol. The maximum atomic E-state index is 16.1. The molecule has 0 saturated carbocycles. The molecule has 2 aromatic carbocycles. The number of anilines is 4. The molecule has 5 aromatic rings. The summed E-state index contributed by atoms with van der Waals surface area (Å²) in [6.45, 7) is 1.84. The number of amides is 5. The molecule has 3 aromatic heterocycles. The van der Waals surface area contributed by atoms with E-state index in [2.05, 4.69) is 25.7 Å². The van der Waals surface area contributed by atoms with Crippen LogP contribution in [-0.4, -0.2) is 105 Å². The zero-order valence-electron chi connectivity index (χ0n) is 32.5. The monoisotopic (exact) mass is 841 g/mol. The lowest BCUT2D eigenvalue weighted by Crippen LogP contribution is -2.70. The number of carbonyl (C=O) groups is 4. The summed E-state index contributed by atoms with van der Waals surface area (Å²) in [5, 5.41) is 10.1. The second-order valence-corrected chi connectivity index (χ2v) is 16.1. The Kier molecular flexibility index (Phi) is 9.46. The Morgan fingerprint density at radius 2 is 1.75 bits per heavy atom. The number of benzene rings is 2. The first-order valence-electron chi connectivity index (χ1n) is 19.4. The summed E-state index contributed by atoms with van der Waals surface area (Å²) in [5.41, 5.74) is 8.75. The minimum absolute atomic E-state index is 0.0501. The van der Waals surface area contributed by atoms with Gasteiger partial charge >= 0.3 is 6.03 Å². The van der Waals surface area contributed by atoms with Crippen molar-refractivity contribution in [3.8, 4) is 11.3 Å². The first kappa shape index (κ1) is 39.2. The molecule has 1 atom stereocenters. The van der Waals surface area contributed by atoms with Gasteiger partial charge < -0.3 is 20.9 Å². The number of fused-ring (bicyclic) bond motifs is 2. The Balaban J connectivity index is 0.881. The number of carbonyl (C=O) groups excluding carboxylic acids is 4. The number of primary amides is 1. The van der Waals surface area contributed by atoms with E-state index in [1.165, 1.54) is 39.9 Å². The van der Waals surface area contributed by atoms with Gasteiger partial charge in [-0.2, -0.15) is 0 Å². The molecule has 5 amide bonds. The molecule has 4 aliphatic heterocycles. The summed E-state index contributed by atoms with van der Waals surface area (Å²) < 4.78 is 49.6. The van der Waals surface area contributed by atoms with Crippen molar-refractivity contribution >= 4 is 63.9 Å². The molecular formula is C41H39ClF3N11O4. The minimum Gasteiger partial charge on any atom is -0.385 e. The number of hydrogen-bond acceptors (Lipinski definition) is 10. The second-order valence-electron chi connectivity index (χ2n) is 15.7. The molecule has 1 spiro atoms. The zero-order chi connectivity index (χ0) is 42.2. The van der Waals surface area contributed by atoms with Crippen molar-refractivity contribution in [1.82, 2.24) is 34.7 Å². The lowest BCUT2D eigenvalue weighted by molar-refractivity contribution is -0.225. The van der Waals surface area contributed by atoms with Crippen molar-refractivity contribution in [3.63, 3.8) is 0 Å². The van der Waals surface area contributed by atoms with Crippen molar-refractivity contribution < 1.29 is 32.3 Å². The Bertz CT molecular complexity index is 2630. The van der Waals surface area contributed by atoms with E-state index in [-0.39, 0.29) is 66.7 Å². The highest BCUT2D eigenvalue weighted by molar-refractivity contribution is 6.34. The molecule has 4 aliphatic rings. The highest BCUT2D eigenvalue weighted by atomic mass is 35.5. The fourth-order valence-electron chi connectivity index (χ4n) is 8.84. The van der Waals surface area contributed by atoms with E-state index in [0.29, 0.717) is 41.2 Å². The van der Waals surface area contributed by atoms with Crippen LogP contribution in [-0.2, 0) is 11.2 Å².